The summed E-state index contributed by atoms with van der Waals surface area (Å²) in [7, 11) is 0. The first-order valence-corrected chi connectivity index (χ1v) is 7.29. The number of benzene rings is 1. The number of rotatable bonds is 5. The lowest BCUT2D eigenvalue weighted by Gasteiger charge is -2.25. The molecule has 2 nitrogen and oxygen atoms in total. The Hall–Kier alpha value is -1.66. The maximum absolute atomic E-state index is 13.0. The van der Waals surface area contributed by atoms with Gasteiger partial charge in [0.15, 0.2) is 0 Å². The zero-order valence-corrected chi connectivity index (χ0v) is 12.7. The van der Waals surface area contributed by atoms with Crippen molar-refractivity contribution >= 4 is 5.97 Å². The first kappa shape index (κ1) is 17.7. The lowest BCUT2D eigenvalue weighted by molar-refractivity contribution is -0.185. The number of halogens is 5. The number of ether oxygens (including phenoxy) is 1. The Morgan fingerprint density at radius 3 is 2.22 bits per heavy atom. The molecule has 128 valence electrons. The number of carbonyl (C=O) groups is 1. The van der Waals surface area contributed by atoms with E-state index in [1.807, 2.05) is 0 Å². The molecule has 0 aliphatic heterocycles. The van der Waals surface area contributed by atoms with Gasteiger partial charge in [0.25, 0.3) is 5.92 Å². The molecule has 0 spiro atoms. The van der Waals surface area contributed by atoms with Crippen LogP contribution in [-0.4, -0.2) is 24.7 Å². The van der Waals surface area contributed by atoms with Gasteiger partial charge in [0.05, 0.1) is 24.4 Å². The number of alkyl halides is 5. The van der Waals surface area contributed by atoms with Gasteiger partial charge < -0.3 is 4.74 Å². The zero-order valence-electron chi connectivity index (χ0n) is 12.7. The summed E-state index contributed by atoms with van der Waals surface area (Å²) in [4.78, 5) is 11.9. The topological polar surface area (TPSA) is 26.3 Å². The van der Waals surface area contributed by atoms with Crippen molar-refractivity contribution in [3.63, 3.8) is 0 Å². The summed E-state index contributed by atoms with van der Waals surface area (Å²) < 4.78 is 69.8. The molecule has 1 fully saturated rings. The second-order valence-corrected chi connectivity index (χ2v) is 5.74. The first-order valence-electron chi connectivity index (χ1n) is 7.29. The Morgan fingerprint density at radius 1 is 1.30 bits per heavy atom. The SMILES string of the molecule is CCOC(=O)[C@H](c1ccc(C2CC2(F)F)cc1)C(C)C(F)(F)F. The molecule has 1 aromatic carbocycles. The quantitative estimate of drug-likeness (QED) is 0.578. The molecule has 0 N–H and O–H groups in total. The molecule has 1 aliphatic rings. The van der Waals surface area contributed by atoms with E-state index in [4.69, 9.17) is 4.74 Å². The van der Waals surface area contributed by atoms with E-state index in [1.54, 1.807) is 0 Å². The minimum Gasteiger partial charge on any atom is -0.466 e. The van der Waals surface area contributed by atoms with E-state index in [1.165, 1.54) is 31.2 Å². The van der Waals surface area contributed by atoms with Crippen LogP contribution in [0.1, 0.15) is 43.2 Å². The van der Waals surface area contributed by atoms with Gasteiger partial charge in [0.2, 0.25) is 0 Å². The van der Waals surface area contributed by atoms with Crippen molar-refractivity contribution in [3.8, 4) is 0 Å². The summed E-state index contributed by atoms with van der Waals surface area (Å²) in [6, 6.07) is 5.31. The minimum atomic E-state index is -4.57. The molecule has 2 unspecified atom stereocenters. The van der Waals surface area contributed by atoms with Crippen LogP contribution in [0.15, 0.2) is 24.3 Å². The number of hydrogen-bond acceptors (Lipinski definition) is 2. The van der Waals surface area contributed by atoms with Gasteiger partial charge in [0.1, 0.15) is 0 Å². The summed E-state index contributed by atoms with van der Waals surface area (Å²) in [6.07, 6.45) is -4.83. The van der Waals surface area contributed by atoms with E-state index in [2.05, 4.69) is 0 Å². The fourth-order valence-electron chi connectivity index (χ4n) is 2.56. The van der Waals surface area contributed by atoms with Crippen LogP contribution < -0.4 is 0 Å². The van der Waals surface area contributed by atoms with Crippen molar-refractivity contribution in [2.75, 3.05) is 6.61 Å². The average Bonchev–Trinajstić information content (AvgIpc) is 3.08. The molecule has 1 aromatic rings. The number of carbonyl (C=O) groups excluding carboxylic acids is 1. The van der Waals surface area contributed by atoms with Crippen molar-refractivity contribution in [2.24, 2.45) is 5.92 Å². The van der Waals surface area contributed by atoms with Crippen LogP contribution in [0.3, 0.4) is 0 Å². The Bertz CT molecular complexity index is 565. The highest BCUT2D eigenvalue weighted by Crippen LogP contribution is 2.55. The molecule has 7 heteroatoms. The Kier molecular flexibility index (Phi) is 4.69. The monoisotopic (exact) mass is 336 g/mol. The second kappa shape index (κ2) is 6.09. The summed E-state index contributed by atoms with van der Waals surface area (Å²) in [5.41, 5.74) is 0.474. The maximum atomic E-state index is 13.0. The van der Waals surface area contributed by atoms with Gasteiger partial charge >= 0.3 is 12.1 Å². The molecular formula is C16H17F5O2. The van der Waals surface area contributed by atoms with Gasteiger partial charge in [-0.2, -0.15) is 13.2 Å². The van der Waals surface area contributed by atoms with E-state index in [0.29, 0.717) is 5.56 Å². The first-order chi connectivity index (χ1) is 10.6. The predicted octanol–water partition coefficient (Wildman–Crippen LogP) is 4.65. The molecule has 0 heterocycles. The summed E-state index contributed by atoms with van der Waals surface area (Å²) in [6.45, 7) is 2.38. The lowest BCUT2D eigenvalue weighted by Crippen LogP contribution is -2.32. The van der Waals surface area contributed by atoms with Gasteiger partial charge in [-0.15, -0.1) is 0 Å². The van der Waals surface area contributed by atoms with Crippen LogP contribution in [-0.2, 0) is 9.53 Å². The molecule has 0 amide bonds. The van der Waals surface area contributed by atoms with E-state index < -0.39 is 35.8 Å². The third-order valence-electron chi connectivity index (χ3n) is 4.08. The van der Waals surface area contributed by atoms with E-state index in [0.717, 1.165) is 6.92 Å². The normalized spacial score (nSPS) is 22.3. The summed E-state index contributed by atoms with van der Waals surface area (Å²) in [5, 5.41) is 0. The Labute approximate surface area is 130 Å². The Balaban J connectivity index is 2.26. The Morgan fingerprint density at radius 2 is 1.83 bits per heavy atom. The molecule has 0 saturated heterocycles. The third kappa shape index (κ3) is 3.82. The molecule has 23 heavy (non-hydrogen) atoms. The van der Waals surface area contributed by atoms with Gasteiger partial charge in [-0.05, 0) is 18.1 Å². The molecule has 3 atom stereocenters. The molecule has 0 radical (unpaired) electrons. The number of esters is 1. The van der Waals surface area contributed by atoms with Crippen molar-refractivity contribution in [1.82, 2.24) is 0 Å². The molecule has 1 saturated carbocycles. The standard InChI is InChI=1S/C16H17F5O2/c1-3-23-14(22)13(9(2)16(19,20)21)11-6-4-10(5-7-11)12-8-15(12,17)18/h4-7,9,12-13H,3,8H2,1-2H3/t9?,12?,13-/m0/s1. The van der Waals surface area contributed by atoms with E-state index in [-0.39, 0.29) is 18.6 Å². The van der Waals surface area contributed by atoms with Crippen LogP contribution in [0, 0.1) is 5.92 Å². The fourth-order valence-corrected chi connectivity index (χ4v) is 2.56. The fraction of sp³-hybridized carbons (Fsp3) is 0.562. The van der Waals surface area contributed by atoms with Gasteiger partial charge in [-0.25, -0.2) is 8.78 Å². The van der Waals surface area contributed by atoms with Gasteiger partial charge in [-0.3, -0.25) is 4.79 Å². The van der Waals surface area contributed by atoms with Crippen molar-refractivity contribution in [1.29, 1.82) is 0 Å². The highest BCUT2D eigenvalue weighted by molar-refractivity contribution is 5.78. The van der Waals surface area contributed by atoms with E-state index in [9.17, 15) is 26.7 Å². The maximum Gasteiger partial charge on any atom is 0.392 e. The smallest absolute Gasteiger partial charge is 0.392 e. The summed E-state index contributed by atoms with van der Waals surface area (Å²) >= 11 is 0. The largest absolute Gasteiger partial charge is 0.466 e. The van der Waals surface area contributed by atoms with Gasteiger partial charge in [0, 0.05) is 6.42 Å². The molecular weight excluding hydrogens is 319 g/mol. The predicted molar refractivity (Wildman–Crippen MR) is 73.3 cm³/mol. The number of hydrogen-bond donors (Lipinski definition) is 0. The van der Waals surface area contributed by atoms with Crippen molar-refractivity contribution in [3.05, 3.63) is 35.4 Å². The van der Waals surface area contributed by atoms with E-state index >= 15 is 0 Å². The van der Waals surface area contributed by atoms with Crippen LogP contribution >= 0.6 is 0 Å². The molecule has 0 aromatic heterocycles. The lowest BCUT2D eigenvalue weighted by atomic mass is 9.86. The van der Waals surface area contributed by atoms with Crippen molar-refractivity contribution in [2.45, 2.75) is 44.2 Å². The molecule has 2 rings (SSSR count). The van der Waals surface area contributed by atoms with Gasteiger partial charge in [-0.1, -0.05) is 31.2 Å². The van der Waals surface area contributed by atoms with Crippen LogP contribution in [0.4, 0.5) is 22.0 Å². The third-order valence-corrected chi connectivity index (χ3v) is 4.08. The summed E-state index contributed by atoms with van der Waals surface area (Å²) in [5.74, 6) is -8.06. The van der Waals surface area contributed by atoms with Crippen molar-refractivity contribution < 1.29 is 31.5 Å². The highest BCUT2D eigenvalue weighted by Gasteiger charge is 2.57. The second-order valence-electron chi connectivity index (χ2n) is 5.74. The van der Waals surface area contributed by atoms with Crippen LogP contribution in [0.25, 0.3) is 0 Å². The van der Waals surface area contributed by atoms with Crippen LogP contribution in [0.2, 0.25) is 0 Å². The zero-order chi connectivity index (χ0) is 17.4. The molecule has 0 bridgehead atoms. The molecule has 1 aliphatic carbocycles. The minimum absolute atomic E-state index is 0.0354. The average molecular weight is 336 g/mol. The highest BCUT2D eigenvalue weighted by atomic mass is 19.4. The van der Waals surface area contributed by atoms with Crippen LogP contribution in [0.5, 0.6) is 0 Å².